The summed E-state index contributed by atoms with van der Waals surface area (Å²) < 4.78 is 15.8. The summed E-state index contributed by atoms with van der Waals surface area (Å²) in [6.07, 6.45) is 1.40. The fourth-order valence-electron chi connectivity index (χ4n) is 2.14. The number of amides is 1. The Kier molecular flexibility index (Phi) is 6.62. The van der Waals surface area contributed by atoms with Crippen LogP contribution in [-0.2, 0) is 9.53 Å². The lowest BCUT2D eigenvalue weighted by Gasteiger charge is -2.20. The summed E-state index contributed by atoms with van der Waals surface area (Å²) in [7, 11) is 0. The van der Waals surface area contributed by atoms with Crippen LogP contribution in [0.1, 0.15) is 30.0 Å². The van der Waals surface area contributed by atoms with Crippen molar-refractivity contribution in [2.75, 3.05) is 13.2 Å². The number of ether oxygens (including phenoxy) is 2. The van der Waals surface area contributed by atoms with E-state index in [9.17, 15) is 9.59 Å². The predicted molar refractivity (Wildman–Crippen MR) is 92.4 cm³/mol. The number of furan rings is 1. The van der Waals surface area contributed by atoms with Crippen molar-refractivity contribution in [1.82, 2.24) is 5.32 Å². The molecule has 1 aromatic heterocycles. The summed E-state index contributed by atoms with van der Waals surface area (Å²) in [5, 5.41) is 2.64. The Balaban J connectivity index is 1.79. The van der Waals surface area contributed by atoms with Crippen molar-refractivity contribution in [3.63, 3.8) is 0 Å². The molecule has 1 amide bonds. The van der Waals surface area contributed by atoms with Gasteiger partial charge in [-0.3, -0.25) is 4.79 Å². The van der Waals surface area contributed by atoms with Gasteiger partial charge in [0, 0.05) is 0 Å². The summed E-state index contributed by atoms with van der Waals surface area (Å²) in [5.41, 5.74) is 1.14. The van der Waals surface area contributed by atoms with E-state index in [2.05, 4.69) is 5.32 Å². The van der Waals surface area contributed by atoms with Gasteiger partial charge in [-0.25, -0.2) is 4.79 Å². The van der Waals surface area contributed by atoms with Gasteiger partial charge in [0.2, 0.25) is 0 Å². The quantitative estimate of drug-likeness (QED) is 0.588. The lowest BCUT2D eigenvalue weighted by atomic mass is 10.0. The summed E-state index contributed by atoms with van der Waals surface area (Å²) in [6.45, 7) is 6.00. The van der Waals surface area contributed by atoms with Gasteiger partial charge in [-0.1, -0.05) is 31.5 Å². The van der Waals surface area contributed by atoms with E-state index in [4.69, 9.17) is 13.9 Å². The zero-order chi connectivity index (χ0) is 18.2. The van der Waals surface area contributed by atoms with Gasteiger partial charge in [0.05, 0.1) is 6.26 Å². The predicted octanol–water partition coefficient (Wildman–Crippen LogP) is 2.96. The van der Waals surface area contributed by atoms with Crippen LogP contribution in [0, 0.1) is 12.8 Å². The first-order valence-electron chi connectivity index (χ1n) is 8.18. The Morgan fingerprint density at radius 2 is 1.84 bits per heavy atom. The van der Waals surface area contributed by atoms with Crippen molar-refractivity contribution in [3.8, 4) is 5.75 Å². The number of hydrogen-bond donors (Lipinski definition) is 1. The van der Waals surface area contributed by atoms with E-state index in [0.717, 1.165) is 5.56 Å². The van der Waals surface area contributed by atoms with E-state index < -0.39 is 17.9 Å². The van der Waals surface area contributed by atoms with Gasteiger partial charge in [-0.15, -0.1) is 0 Å². The molecule has 1 heterocycles. The Hall–Kier alpha value is -2.76. The zero-order valence-corrected chi connectivity index (χ0v) is 14.7. The highest BCUT2D eigenvalue weighted by Crippen LogP contribution is 2.11. The molecule has 0 fully saturated rings. The second-order valence-corrected chi connectivity index (χ2v) is 6.00. The molecule has 25 heavy (non-hydrogen) atoms. The second-order valence-electron chi connectivity index (χ2n) is 6.00. The van der Waals surface area contributed by atoms with E-state index in [1.54, 1.807) is 6.07 Å². The van der Waals surface area contributed by atoms with E-state index in [1.165, 1.54) is 12.3 Å². The van der Waals surface area contributed by atoms with Crippen LogP contribution in [0.4, 0.5) is 0 Å². The highest BCUT2D eigenvalue weighted by Gasteiger charge is 2.26. The molecule has 0 saturated heterocycles. The molecule has 0 saturated carbocycles. The molecule has 0 unspecified atom stereocenters. The van der Waals surface area contributed by atoms with Crippen molar-refractivity contribution in [2.45, 2.75) is 26.8 Å². The van der Waals surface area contributed by atoms with Gasteiger partial charge in [-0.05, 0) is 37.1 Å². The van der Waals surface area contributed by atoms with Gasteiger partial charge >= 0.3 is 5.97 Å². The van der Waals surface area contributed by atoms with E-state index in [0.29, 0.717) is 5.75 Å². The summed E-state index contributed by atoms with van der Waals surface area (Å²) in [6, 6.07) is 10.0. The Morgan fingerprint density at radius 1 is 1.12 bits per heavy atom. The largest absolute Gasteiger partial charge is 0.490 e. The van der Waals surface area contributed by atoms with Crippen LogP contribution in [0.15, 0.2) is 47.1 Å². The molecule has 6 heteroatoms. The number of rotatable bonds is 8. The fourth-order valence-corrected chi connectivity index (χ4v) is 2.14. The molecule has 0 radical (unpaired) electrons. The van der Waals surface area contributed by atoms with Crippen molar-refractivity contribution >= 4 is 11.9 Å². The first-order valence-corrected chi connectivity index (χ1v) is 8.18. The molecule has 1 N–H and O–H groups in total. The molecule has 0 spiro atoms. The number of benzene rings is 1. The molecule has 6 nitrogen and oxygen atoms in total. The van der Waals surface area contributed by atoms with E-state index in [-0.39, 0.29) is 24.9 Å². The molecule has 2 rings (SSSR count). The molecule has 0 aliphatic heterocycles. The molecule has 1 atom stereocenters. The number of carbonyl (C=O) groups excluding carboxylic acids is 2. The number of hydrogen-bond acceptors (Lipinski definition) is 5. The molecular formula is C19H23NO5. The van der Waals surface area contributed by atoms with Gasteiger partial charge < -0.3 is 19.2 Å². The van der Waals surface area contributed by atoms with Crippen LogP contribution in [0.25, 0.3) is 0 Å². The standard InChI is InChI=1S/C19H23NO5/c1-13(2)17(20-18(21)16-5-4-10-24-16)19(22)25-12-11-23-15-8-6-14(3)7-9-15/h4-10,13,17H,11-12H2,1-3H3,(H,20,21)/t17-/m0/s1. The smallest absolute Gasteiger partial charge is 0.329 e. The Morgan fingerprint density at radius 3 is 2.44 bits per heavy atom. The van der Waals surface area contributed by atoms with Gasteiger partial charge in [0.1, 0.15) is 25.0 Å². The molecule has 134 valence electrons. The van der Waals surface area contributed by atoms with E-state index in [1.807, 2.05) is 45.0 Å². The highest BCUT2D eigenvalue weighted by atomic mass is 16.6. The van der Waals surface area contributed by atoms with Gasteiger partial charge in [0.15, 0.2) is 5.76 Å². The van der Waals surface area contributed by atoms with Crippen molar-refractivity contribution in [3.05, 3.63) is 54.0 Å². The number of esters is 1. The van der Waals surface area contributed by atoms with E-state index >= 15 is 0 Å². The molecule has 1 aromatic carbocycles. The zero-order valence-electron chi connectivity index (χ0n) is 14.7. The lowest BCUT2D eigenvalue weighted by molar-refractivity contribution is -0.147. The third-order valence-electron chi connectivity index (χ3n) is 3.57. The average molecular weight is 345 g/mol. The first kappa shape index (κ1) is 18.6. The topological polar surface area (TPSA) is 77.8 Å². The van der Waals surface area contributed by atoms with Gasteiger partial charge in [-0.2, -0.15) is 0 Å². The summed E-state index contributed by atoms with van der Waals surface area (Å²) >= 11 is 0. The third-order valence-corrected chi connectivity index (χ3v) is 3.57. The average Bonchev–Trinajstić information content (AvgIpc) is 3.12. The maximum absolute atomic E-state index is 12.2. The first-order chi connectivity index (χ1) is 12.0. The number of nitrogens with one attached hydrogen (secondary N) is 1. The molecular weight excluding hydrogens is 322 g/mol. The second kappa shape index (κ2) is 8.92. The van der Waals surface area contributed by atoms with Crippen molar-refractivity contribution < 1.29 is 23.5 Å². The van der Waals surface area contributed by atoms with Crippen LogP contribution in [-0.4, -0.2) is 31.1 Å². The number of aryl methyl sites for hydroxylation is 1. The highest BCUT2D eigenvalue weighted by molar-refractivity contribution is 5.94. The van der Waals surface area contributed by atoms with Crippen LogP contribution >= 0.6 is 0 Å². The molecule has 2 aromatic rings. The van der Waals surface area contributed by atoms with Crippen molar-refractivity contribution in [1.29, 1.82) is 0 Å². The monoisotopic (exact) mass is 345 g/mol. The molecule has 0 aliphatic carbocycles. The fraction of sp³-hybridized carbons (Fsp3) is 0.368. The summed E-state index contributed by atoms with van der Waals surface area (Å²) in [4.78, 5) is 24.3. The Labute approximate surface area is 147 Å². The normalized spacial score (nSPS) is 11.8. The molecule has 0 aliphatic rings. The maximum atomic E-state index is 12.2. The van der Waals surface area contributed by atoms with Crippen LogP contribution in [0.5, 0.6) is 5.75 Å². The summed E-state index contributed by atoms with van der Waals surface area (Å²) in [5.74, 6) is -0.197. The van der Waals surface area contributed by atoms with Gasteiger partial charge in [0.25, 0.3) is 5.91 Å². The minimum atomic E-state index is -0.753. The number of carbonyl (C=O) groups is 2. The minimum Gasteiger partial charge on any atom is -0.490 e. The van der Waals surface area contributed by atoms with Crippen LogP contribution in [0.2, 0.25) is 0 Å². The Bertz CT molecular complexity index is 676. The SMILES string of the molecule is Cc1ccc(OCCOC(=O)[C@@H](NC(=O)c2ccco2)C(C)C)cc1. The van der Waals surface area contributed by atoms with Crippen molar-refractivity contribution in [2.24, 2.45) is 5.92 Å². The molecule has 0 bridgehead atoms. The lowest BCUT2D eigenvalue weighted by Crippen LogP contribution is -2.45. The third kappa shape index (κ3) is 5.67. The van der Waals surface area contributed by atoms with Crippen LogP contribution in [0.3, 0.4) is 0 Å². The minimum absolute atomic E-state index is 0.104. The maximum Gasteiger partial charge on any atom is 0.329 e. The van der Waals surface area contributed by atoms with Crippen LogP contribution < -0.4 is 10.1 Å².